The molecule has 1 unspecified atom stereocenters. The third kappa shape index (κ3) is 4.43. The highest BCUT2D eigenvalue weighted by Crippen LogP contribution is 2.14. The number of carbonyl (C=O) groups is 1. The van der Waals surface area contributed by atoms with Crippen LogP contribution < -0.4 is 10.5 Å². The van der Waals surface area contributed by atoms with E-state index in [2.05, 4.69) is 6.92 Å². The summed E-state index contributed by atoms with van der Waals surface area (Å²) in [5, 5.41) is 0. The Kier molecular flexibility index (Phi) is 5.52. The molecule has 21 heavy (non-hydrogen) atoms. The monoisotopic (exact) mass is 283 g/mol. The Labute approximate surface area is 125 Å². The van der Waals surface area contributed by atoms with Crippen molar-refractivity contribution in [3.63, 3.8) is 0 Å². The number of benzene rings is 2. The van der Waals surface area contributed by atoms with Gasteiger partial charge in [0.2, 0.25) is 0 Å². The lowest BCUT2D eigenvalue weighted by atomic mass is 9.98. The lowest BCUT2D eigenvalue weighted by Gasteiger charge is -2.11. The minimum atomic E-state index is -0.519. The molecule has 110 valence electrons. The fourth-order valence-electron chi connectivity index (χ4n) is 2.11. The molecule has 0 saturated heterocycles. The van der Waals surface area contributed by atoms with Crippen LogP contribution in [0.2, 0.25) is 0 Å². The normalized spacial score (nSPS) is 11.9. The molecular weight excluding hydrogens is 262 g/mol. The van der Waals surface area contributed by atoms with Crippen molar-refractivity contribution in [2.75, 3.05) is 6.61 Å². The second-order valence-corrected chi connectivity index (χ2v) is 5.03. The predicted molar refractivity (Wildman–Crippen MR) is 84.7 cm³/mol. The summed E-state index contributed by atoms with van der Waals surface area (Å²) < 4.78 is 5.50. The highest BCUT2D eigenvalue weighted by molar-refractivity contribution is 6.00. The zero-order valence-corrected chi connectivity index (χ0v) is 12.3. The van der Waals surface area contributed by atoms with Gasteiger partial charge in [0.25, 0.3) is 0 Å². The quantitative estimate of drug-likeness (QED) is 0.794. The van der Waals surface area contributed by atoms with Crippen LogP contribution in [0, 0.1) is 0 Å². The van der Waals surface area contributed by atoms with Gasteiger partial charge in [-0.15, -0.1) is 0 Å². The van der Waals surface area contributed by atoms with E-state index in [9.17, 15) is 4.79 Å². The molecule has 0 heterocycles. The number of ether oxygens (including phenoxy) is 1. The molecule has 0 amide bonds. The molecule has 0 saturated carbocycles. The largest absolute Gasteiger partial charge is 0.494 e. The Morgan fingerprint density at radius 1 is 1.10 bits per heavy atom. The predicted octanol–water partition coefficient (Wildman–Crippen LogP) is 3.23. The first-order valence-corrected chi connectivity index (χ1v) is 7.27. The number of hydrogen-bond donors (Lipinski definition) is 1. The van der Waals surface area contributed by atoms with Crippen LogP contribution in [0.15, 0.2) is 54.6 Å². The van der Waals surface area contributed by atoms with Crippen LogP contribution in [0.5, 0.6) is 5.75 Å². The zero-order valence-electron chi connectivity index (χ0n) is 12.3. The molecular formula is C18H21NO2. The molecule has 2 rings (SSSR count). The summed E-state index contributed by atoms with van der Waals surface area (Å²) in [6.45, 7) is 2.74. The summed E-state index contributed by atoms with van der Waals surface area (Å²) in [6, 6.07) is 16.5. The van der Waals surface area contributed by atoms with Crippen molar-refractivity contribution in [3.05, 3.63) is 65.7 Å². The maximum absolute atomic E-state index is 12.3. The van der Waals surface area contributed by atoms with Gasteiger partial charge < -0.3 is 10.5 Å². The van der Waals surface area contributed by atoms with Crippen molar-refractivity contribution in [1.82, 2.24) is 0 Å². The highest BCUT2D eigenvalue weighted by atomic mass is 16.5. The van der Waals surface area contributed by atoms with E-state index in [0.29, 0.717) is 18.6 Å². The van der Waals surface area contributed by atoms with Crippen molar-refractivity contribution in [1.29, 1.82) is 0 Å². The number of ketones is 1. The Morgan fingerprint density at radius 2 is 1.76 bits per heavy atom. The van der Waals surface area contributed by atoms with E-state index in [4.69, 9.17) is 10.5 Å². The van der Waals surface area contributed by atoms with Gasteiger partial charge in [-0.3, -0.25) is 4.79 Å². The number of Topliss-reactive ketones (excluding diaryl/α,β-unsaturated/α-hetero) is 1. The second kappa shape index (κ2) is 7.60. The first kappa shape index (κ1) is 15.3. The second-order valence-electron chi connectivity index (χ2n) is 5.03. The lowest BCUT2D eigenvalue weighted by molar-refractivity contribution is 0.0961. The van der Waals surface area contributed by atoms with Crippen LogP contribution in [0.4, 0.5) is 0 Å². The SMILES string of the molecule is CCCOc1ccc(C(=O)C(N)Cc2ccccc2)cc1. The summed E-state index contributed by atoms with van der Waals surface area (Å²) in [6.07, 6.45) is 1.51. The molecule has 0 aliphatic carbocycles. The topological polar surface area (TPSA) is 52.3 Å². The van der Waals surface area contributed by atoms with E-state index in [1.54, 1.807) is 12.1 Å². The van der Waals surface area contributed by atoms with Crippen LogP contribution in [0.1, 0.15) is 29.3 Å². The molecule has 2 N–H and O–H groups in total. The summed E-state index contributed by atoms with van der Waals surface area (Å²) in [5.41, 5.74) is 7.72. The summed E-state index contributed by atoms with van der Waals surface area (Å²) in [7, 11) is 0. The molecule has 2 aromatic carbocycles. The van der Waals surface area contributed by atoms with E-state index in [1.165, 1.54) is 0 Å². The average molecular weight is 283 g/mol. The molecule has 3 nitrogen and oxygen atoms in total. The average Bonchev–Trinajstić information content (AvgIpc) is 2.53. The first-order valence-electron chi connectivity index (χ1n) is 7.27. The molecule has 0 radical (unpaired) electrons. The van der Waals surface area contributed by atoms with Gasteiger partial charge in [0.05, 0.1) is 12.6 Å². The van der Waals surface area contributed by atoms with Gasteiger partial charge in [-0.1, -0.05) is 37.3 Å². The van der Waals surface area contributed by atoms with E-state index >= 15 is 0 Å². The third-order valence-electron chi connectivity index (χ3n) is 3.25. The van der Waals surface area contributed by atoms with E-state index in [1.807, 2.05) is 42.5 Å². The van der Waals surface area contributed by atoms with Crippen LogP contribution in [0.3, 0.4) is 0 Å². The van der Waals surface area contributed by atoms with Gasteiger partial charge in [-0.25, -0.2) is 0 Å². The molecule has 1 atom stereocenters. The smallest absolute Gasteiger partial charge is 0.179 e. The number of nitrogens with two attached hydrogens (primary N) is 1. The van der Waals surface area contributed by atoms with Crippen LogP contribution in [-0.2, 0) is 6.42 Å². The van der Waals surface area contributed by atoms with Gasteiger partial charge in [0.1, 0.15) is 5.75 Å². The highest BCUT2D eigenvalue weighted by Gasteiger charge is 2.16. The summed E-state index contributed by atoms with van der Waals surface area (Å²) >= 11 is 0. The molecule has 0 aliphatic heterocycles. The van der Waals surface area contributed by atoms with Gasteiger partial charge >= 0.3 is 0 Å². The fraction of sp³-hybridized carbons (Fsp3) is 0.278. The van der Waals surface area contributed by atoms with E-state index in [0.717, 1.165) is 17.7 Å². The summed E-state index contributed by atoms with van der Waals surface area (Å²) in [5.74, 6) is 0.742. The molecule has 0 aliphatic rings. The van der Waals surface area contributed by atoms with Crippen LogP contribution in [-0.4, -0.2) is 18.4 Å². The minimum Gasteiger partial charge on any atom is -0.494 e. The standard InChI is InChI=1S/C18H21NO2/c1-2-12-21-16-10-8-15(9-11-16)18(20)17(19)13-14-6-4-3-5-7-14/h3-11,17H,2,12-13,19H2,1H3. The molecule has 0 fully saturated rings. The lowest BCUT2D eigenvalue weighted by Crippen LogP contribution is -2.32. The van der Waals surface area contributed by atoms with Crippen LogP contribution in [0.25, 0.3) is 0 Å². The van der Waals surface area contributed by atoms with Crippen molar-refractivity contribution in [3.8, 4) is 5.75 Å². The maximum Gasteiger partial charge on any atom is 0.179 e. The molecule has 0 bridgehead atoms. The van der Waals surface area contributed by atoms with Gasteiger partial charge in [0.15, 0.2) is 5.78 Å². The Hall–Kier alpha value is -2.13. The summed E-state index contributed by atoms with van der Waals surface area (Å²) in [4.78, 5) is 12.3. The number of hydrogen-bond acceptors (Lipinski definition) is 3. The Morgan fingerprint density at radius 3 is 2.38 bits per heavy atom. The Bertz CT molecular complexity index is 564. The first-order chi connectivity index (χ1) is 10.2. The Balaban J connectivity index is 1.98. The molecule has 3 heteroatoms. The minimum absolute atomic E-state index is 0.0408. The van der Waals surface area contributed by atoms with E-state index < -0.39 is 6.04 Å². The van der Waals surface area contributed by atoms with Crippen molar-refractivity contribution < 1.29 is 9.53 Å². The van der Waals surface area contributed by atoms with Crippen molar-refractivity contribution >= 4 is 5.78 Å². The number of rotatable bonds is 7. The van der Waals surface area contributed by atoms with Gasteiger partial charge in [-0.05, 0) is 42.7 Å². The molecule has 0 aromatic heterocycles. The van der Waals surface area contributed by atoms with E-state index in [-0.39, 0.29) is 5.78 Å². The molecule has 2 aromatic rings. The zero-order chi connectivity index (χ0) is 15.1. The van der Waals surface area contributed by atoms with Crippen molar-refractivity contribution in [2.24, 2.45) is 5.73 Å². The van der Waals surface area contributed by atoms with Gasteiger partial charge in [-0.2, -0.15) is 0 Å². The fourth-order valence-corrected chi connectivity index (χ4v) is 2.11. The van der Waals surface area contributed by atoms with Crippen LogP contribution >= 0.6 is 0 Å². The molecule has 0 spiro atoms. The van der Waals surface area contributed by atoms with Crippen molar-refractivity contribution in [2.45, 2.75) is 25.8 Å². The van der Waals surface area contributed by atoms with Gasteiger partial charge in [0, 0.05) is 5.56 Å². The maximum atomic E-state index is 12.3. The number of carbonyl (C=O) groups excluding carboxylic acids is 1. The third-order valence-corrected chi connectivity index (χ3v) is 3.25.